The van der Waals surface area contributed by atoms with Gasteiger partial charge in [-0.05, 0) is 29.8 Å². The second-order valence-electron chi connectivity index (χ2n) is 3.93. The molecule has 4 nitrogen and oxygen atoms in total. The molecule has 98 valence electrons. The summed E-state index contributed by atoms with van der Waals surface area (Å²) in [5, 5.41) is 11.6. The molecule has 19 heavy (non-hydrogen) atoms. The van der Waals surface area contributed by atoms with Gasteiger partial charge in [-0.15, -0.1) is 0 Å². The standard InChI is InChI=1S/C14H13BrN2O2/c15-12-6-4-10(5-7-12)9-19-13-3-1-2-11(8-13)14(16)17-18/h1-8,18H,9H2,(H2,16,17). The number of halogens is 1. The maximum atomic E-state index is 8.63. The SMILES string of the molecule is N/C(=N\O)c1cccc(OCc2ccc(Br)cc2)c1. The largest absolute Gasteiger partial charge is 0.489 e. The molecular formula is C14H13BrN2O2. The van der Waals surface area contributed by atoms with Gasteiger partial charge in [0.25, 0.3) is 0 Å². The molecular weight excluding hydrogens is 308 g/mol. The molecule has 0 bridgehead atoms. The first-order valence-corrected chi connectivity index (χ1v) is 6.43. The van der Waals surface area contributed by atoms with Crippen LogP contribution >= 0.6 is 15.9 Å². The van der Waals surface area contributed by atoms with Crippen molar-refractivity contribution >= 4 is 21.8 Å². The number of hydrogen-bond donors (Lipinski definition) is 2. The number of benzene rings is 2. The lowest BCUT2D eigenvalue weighted by atomic mass is 10.2. The number of nitrogens with two attached hydrogens (primary N) is 1. The van der Waals surface area contributed by atoms with Crippen LogP contribution in [0, 0.1) is 0 Å². The van der Waals surface area contributed by atoms with E-state index in [-0.39, 0.29) is 5.84 Å². The van der Waals surface area contributed by atoms with E-state index < -0.39 is 0 Å². The summed E-state index contributed by atoms with van der Waals surface area (Å²) in [5.41, 5.74) is 7.21. The van der Waals surface area contributed by atoms with Crippen LogP contribution in [0.4, 0.5) is 0 Å². The summed E-state index contributed by atoms with van der Waals surface area (Å²) in [6, 6.07) is 15.0. The highest BCUT2D eigenvalue weighted by Crippen LogP contribution is 2.16. The van der Waals surface area contributed by atoms with E-state index in [9.17, 15) is 0 Å². The normalized spacial score (nSPS) is 11.3. The molecule has 0 fully saturated rings. The van der Waals surface area contributed by atoms with Crippen LogP contribution in [0.15, 0.2) is 58.2 Å². The van der Waals surface area contributed by atoms with Crippen molar-refractivity contribution in [2.45, 2.75) is 6.61 Å². The van der Waals surface area contributed by atoms with Crippen molar-refractivity contribution in [1.82, 2.24) is 0 Å². The highest BCUT2D eigenvalue weighted by Gasteiger charge is 2.02. The number of rotatable bonds is 4. The van der Waals surface area contributed by atoms with Crippen LogP contribution in [0.5, 0.6) is 5.75 Å². The van der Waals surface area contributed by atoms with E-state index in [4.69, 9.17) is 15.7 Å². The van der Waals surface area contributed by atoms with E-state index in [1.807, 2.05) is 30.3 Å². The molecule has 0 unspecified atom stereocenters. The fourth-order valence-corrected chi connectivity index (χ4v) is 1.81. The second-order valence-corrected chi connectivity index (χ2v) is 4.84. The van der Waals surface area contributed by atoms with Crippen molar-refractivity contribution in [1.29, 1.82) is 0 Å². The van der Waals surface area contributed by atoms with Gasteiger partial charge >= 0.3 is 0 Å². The van der Waals surface area contributed by atoms with E-state index in [1.54, 1.807) is 18.2 Å². The Labute approximate surface area is 119 Å². The van der Waals surface area contributed by atoms with E-state index in [0.717, 1.165) is 10.0 Å². The van der Waals surface area contributed by atoms with E-state index in [1.165, 1.54) is 0 Å². The Kier molecular flexibility index (Phi) is 4.41. The Morgan fingerprint density at radius 3 is 2.63 bits per heavy atom. The van der Waals surface area contributed by atoms with Crippen LogP contribution in [0.3, 0.4) is 0 Å². The van der Waals surface area contributed by atoms with Gasteiger partial charge in [0.15, 0.2) is 5.84 Å². The average Bonchev–Trinajstić information content (AvgIpc) is 2.46. The Morgan fingerprint density at radius 1 is 1.21 bits per heavy atom. The van der Waals surface area contributed by atoms with Crippen molar-refractivity contribution < 1.29 is 9.94 Å². The second kappa shape index (κ2) is 6.24. The molecule has 0 radical (unpaired) electrons. The Morgan fingerprint density at radius 2 is 1.95 bits per heavy atom. The minimum Gasteiger partial charge on any atom is -0.489 e. The zero-order valence-electron chi connectivity index (χ0n) is 10.1. The minimum atomic E-state index is 0.0640. The molecule has 0 amide bonds. The molecule has 5 heteroatoms. The molecule has 0 aromatic heterocycles. The molecule has 0 aliphatic heterocycles. The number of hydrogen-bond acceptors (Lipinski definition) is 3. The highest BCUT2D eigenvalue weighted by atomic mass is 79.9. The third-order valence-corrected chi connectivity index (χ3v) is 3.08. The zero-order chi connectivity index (χ0) is 13.7. The van der Waals surface area contributed by atoms with Gasteiger partial charge in [0, 0.05) is 10.0 Å². The topological polar surface area (TPSA) is 67.8 Å². The predicted molar refractivity (Wildman–Crippen MR) is 77.4 cm³/mol. The summed E-state index contributed by atoms with van der Waals surface area (Å²) in [5.74, 6) is 0.737. The molecule has 0 saturated heterocycles. The van der Waals surface area contributed by atoms with Crippen LogP contribution in [-0.2, 0) is 6.61 Å². The van der Waals surface area contributed by atoms with Gasteiger partial charge < -0.3 is 15.7 Å². The monoisotopic (exact) mass is 320 g/mol. The summed E-state index contributed by atoms with van der Waals surface area (Å²) < 4.78 is 6.69. The maximum Gasteiger partial charge on any atom is 0.170 e. The third kappa shape index (κ3) is 3.72. The van der Waals surface area contributed by atoms with E-state index in [0.29, 0.717) is 17.9 Å². The molecule has 0 heterocycles. The molecule has 0 saturated carbocycles. The van der Waals surface area contributed by atoms with Crippen molar-refractivity contribution in [3.63, 3.8) is 0 Å². The fourth-order valence-electron chi connectivity index (χ4n) is 1.55. The molecule has 0 aliphatic rings. The molecule has 0 aliphatic carbocycles. The summed E-state index contributed by atoms with van der Waals surface area (Å²) in [4.78, 5) is 0. The summed E-state index contributed by atoms with van der Waals surface area (Å²) >= 11 is 3.38. The lowest BCUT2D eigenvalue weighted by molar-refractivity contribution is 0.306. The first-order valence-electron chi connectivity index (χ1n) is 5.64. The zero-order valence-corrected chi connectivity index (χ0v) is 11.7. The number of nitrogens with zero attached hydrogens (tertiary/aromatic N) is 1. The quantitative estimate of drug-likeness (QED) is 0.393. The number of ether oxygens (including phenoxy) is 1. The smallest absolute Gasteiger partial charge is 0.170 e. The van der Waals surface area contributed by atoms with Crippen LogP contribution in [0.1, 0.15) is 11.1 Å². The van der Waals surface area contributed by atoms with Gasteiger partial charge in [-0.1, -0.05) is 45.4 Å². The van der Waals surface area contributed by atoms with Gasteiger partial charge in [0.1, 0.15) is 12.4 Å². The molecule has 3 N–H and O–H groups in total. The van der Waals surface area contributed by atoms with Gasteiger partial charge in [-0.3, -0.25) is 0 Å². The third-order valence-electron chi connectivity index (χ3n) is 2.56. The van der Waals surface area contributed by atoms with Crippen molar-refractivity contribution in [2.75, 3.05) is 0 Å². The van der Waals surface area contributed by atoms with E-state index in [2.05, 4.69) is 21.1 Å². The highest BCUT2D eigenvalue weighted by molar-refractivity contribution is 9.10. The average molecular weight is 321 g/mol. The minimum absolute atomic E-state index is 0.0640. The molecule has 0 spiro atoms. The fraction of sp³-hybridized carbons (Fsp3) is 0.0714. The van der Waals surface area contributed by atoms with Crippen molar-refractivity contribution in [2.24, 2.45) is 10.9 Å². The van der Waals surface area contributed by atoms with Crippen molar-refractivity contribution in [3.05, 3.63) is 64.1 Å². The van der Waals surface area contributed by atoms with Crippen LogP contribution in [0.2, 0.25) is 0 Å². The molecule has 2 aromatic rings. The Balaban J connectivity index is 2.05. The van der Waals surface area contributed by atoms with Crippen LogP contribution in [-0.4, -0.2) is 11.0 Å². The van der Waals surface area contributed by atoms with Gasteiger partial charge in [-0.25, -0.2) is 0 Å². The molecule has 2 rings (SSSR count). The Bertz CT molecular complexity index is 582. The Hall–Kier alpha value is -2.01. The maximum absolute atomic E-state index is 8.63. The summed E-state index contributed by atoms with van der Waals surface area (Å²) in [6.07, 6.45) is 0. The van der Waals surface area contributed by atoms with Gasteiger partial charge in [0.05, 0.1) is 0 Å². The first kappa shape index (κ1) is 13.4. The molecule has 2 aromatic carbocycles. The lowest BCUT2D eigenvalue weighted by Gasteiger charge is -2.07. The van der Waals surface area contributed by atoms with Gasteiger partial charge in [0.2, 0.25) is 0 Å². The summed E-state index contributed by atoms with van der Waals surface area (Å²) in [6.45, 7) is 0.465. The van der Waals surface area contributed by atoms with Gasteiger partial charge in [-0.2, -0.15) is 0 Å². The summed E-state index contributed by atoms with van der Waals surface area (Å²) in [7, 11) is 0. The van der Waals surface area contributed by atoms with Crippen LogP contribution in [0.25, 0.3) is 0 Å². The first-order chi connectivity index (χ1) is 9.19. The van der Waals surface area contributed by atoms with E-state index >= 15 is 0 Å². The van der Waals surface area contributed by atoms with Crippen LogP contribution < -0.4 is 10.5 Å². The number of oxime groups is 1. The number of amidine groups is 1. The molecule has 0 atom stereocenters. The predicted octanol–water partition coefficient (Wildman–Crippen LogP) is 3.12. The van der Waals surface area contributed by atoms with Crippen molar-refractivity contribution in [3.8, 4) is 5.75 Å². The lowest BCUT2D eigenvalue weighted by Crippen LogP contribution is -2.12.